The second-order valence-corrected chi connectivity index (χ2v) is 14.6. The number of fused-ring (bicyclic) bond motifs is 5. The van der Waals surface area contributed by atoms with E-state index >= 15 is 0 Å². The topological polar surface area (TPSA) is 119 Å². The van der Waals surface area contributed by atoms with Gasteiger partial charge < -0.3 is 19.4 Å². The third-order valence-corrected chi connectivity index (χ3v) is 9.64. The van der Waals surface area contributed by atoms with Crippen molar-refractivity contribution in [2.75, 3.05) is 21.2 Å². The van der Waals surface area contributed by atoms with Gasteiger partial charge in [-0.05, 0) is 87.4 Å². The van der Waals surface area contributed by atoms with Crippen LogP contribution in [0, 0.1) is 0 Å². The lowest BCUT2D eigenvalue weighted by Crippen LogP contribution is -2.42. The molecule has 1 saturated carbocycles. The third-order valence-electron chi connectivity index (χ3n) is 8.24. The first kappa shape index (κ1) is 30.9. The van der Waals surface area contributed by atoms with Gasteiger partial charge in [-0.25, -0.2) is 9.52 Å². The fourth-order valence-electron chi connectivity index (χ4n) is 6.29. The predicted octanol–water partition coefficient (Wildman–Crippen LogP) is 5.35. The summed E-state index contributed by atoms with van der Waals surface area (Å²) in [7, 11) is 0.412. The predicted molar refractivity (Wildman–Crippen MR) is 167 cm³/mol. The zero-order valence-corrected chi connectivity index (χ0v) is 26.6. The van der Waals surface area contributed by atoms with Crippen LogP contribution < -0.4 is 14.8 Å². The molecule has 232 valence electrons. The molecule has 1 aliphatic carbocycles. The third kappa shape index (κ3) is 6.52. The van der Waals surface area contributed by atoms with Crippen molar-refractivity contribution in [3.63, 3.8) is 0 Å². The van der Waals surface area contributed by atoms with E-state index < -0.39 is 27.8 Å². The highest BCUT2D eigenvalue weighted by atomic mass is 32.2. The highest BCUT2D eigenvalue weighted by Crippen LogP contribution is 2.46. The van der Waals surface area contributed by atoms with Crippen molar-refractivity contribution in [2.24, 2.45) is 0 Å². The molecule has 1 unspecified atom stereocenters. The Morgan fingerprint density at radius 2 is 1.74 bits per heavy atom. The van der Waals surface area contributed by atoms with E-state index in [2.05, 4.69) is 20.7 Å². The Morgan fingerprint density at radius 1 is 1.02 bits per heavy atom. The van der Waals surface area contributed by atoms with Crippen molar-refractivity contribution in [3.05, 3.63) is 53.1 Å². The van der Waals surface area contributed by atoms with Crippen molar-refractivity contribution in [3.8, 4) is 17.0 Å². The molecule has 1 aromatic heterocycles. The van der Waals surface area contributed by atoms with E-state index in [-0.39, 0.29) is 11.6 Å². The molecule has 2 aliphatic rings. The van der Waals surface area contributed by atoms with E-state index in [0.29, 0.717) is 18.9 Å². The first-order chi connectivity index (χ1) is 20.3. The minimum Gasteiger partial charge on any atom is -0.497 e. The Bertz CT molecular complexity index is 1650. The van der Waals surface area contributed by atoms with Crippen LogP contribution in [0.2, 0.25) is 0 Å². The van der Waals surface area contributed by atoms with Gasteiger partial charge in [0, 0.05) is 42.7 Å². The molecule has 0 bridgehead atoms. The Morgan fingerprint density at radius 3 is 2.40 bits per heavy atom. The standard InChI is InChI=1S/C32H42N4O6S/c1-32(2,3)42-31(38)33-23-16-22-17-24(41-6)13-15-25(22)29-28(20-10-8-7-9-11-20)26-14-12-21(18-27(26)36(29)19-23)30(37)34-43(39,40)35(4)5/h12-15,17-18,20,23H,7-11,16,19H2,1-6H3,(H,33,38)(H,34,37). The molecular formula is C32H42N4O6S. The number of ether oxygens (including phenoxy) is 2. The van der Waals surface area contributed by atoms with E-state index in [0.717, 1.165) is 63.5 Å². The van der Waals surface area contributed by atoms with Crippen LogP contribution in [0.1, 0.15) is 80.3 Å². The molecule has 43 heavy (non-hydrogen) atoms. The SMILES string of the molecule is COc1ccc2c(c1)CC(NC(=O)OC(C)(C)C)Cn1c-2c(C2CCCCC2)c2ccc(C(=O)NS(=O)(=O)N(C)C)cc21. The molecule has 3 aromatic rings. The fraction of sp³-hybridized carbons (Fsp3) is 0.500. The molecule has 2 N–H and O–H groups in total. The number of benzene rings is 2. The molecule has 2 amide bonds. The van der Waals surface area contributed by atoms with Crippen molar-refractivity contribution in [1.82, 2.24) is 18.9 Å². The quantitative estimate of drug-likeness (QED) is 0.389. The number of amides is 2. The lowest BCUT2D eigenvalue weighted by atomic mass is 9.81. The molecule has 1 aliphatic heterocycles. The summed E-state index contributed by atoms with van der Waals surface area (Å²) in [5, 5.41) is 4.12. The number of carbonyl (C=O) groups is 2. The summed E-state index contributed by atoms with van der Waals surface area (Å²) < 4.78 is 41.3. The summed E-state index contributed by atoms with van der Waals surface area (Å²) in [4.78, 5) is 26.1. The highest BCUT2D eigenvalue weighted by Gasteiger charge is 2.32. The molecule has 1 atom stereocenters. The highest BCUT2D eigenvalue weighted by molar-refractivity contribution is 7.87. The van der Waals surface area contributed by atoms with E-state index in [1.165, 1.54) is 26.1 Å². The molecule has 2 heterocycles. The van der Waals surface area contributed by atoms with Gasteiger partial charge in [0.2, 0.25) is 0 Å². The number of methoxy groups -OCH3 is 1. The van der Waals surface area contributed by atoms with Gasteiger partial charge in [-0.15, -0.1) is 0 Å². The van der Waals surface area contributed by atoms with E-state index in [9.17, 15) is 18.0 Å². The largest absolute Gasteiger partial charge is 0.497 e. The number of aromatic nitrogens is 1. The Kier molecular flexibility index (Phi) is 8.50. The lowest BCUT2D eigenvalue weighted by Gasteiger charge is -2.24. The van der Waals surface area contributed by atoms with Gasteiger partial charge in [-0.1, -0.05) is 25.3 Å². The Hall–Kier alpha value is -3.57. The van der Waals surface area contributed by atoms with Crippen LogP contribution in [-0.2, 0) is 27.9 Å². The molecule has 11 heteroatoms. The summed E-state index contributed by atoms with van der Waals surface area (Å²) in [5.74, 6) is 0.374. The van der Waals surface area contributed by atoms with Gasteiger partial charge in [-0.3, -0.25) is 4.79 Å². The molecule has 0 spiro atoms. The molecule has 0 saturated heterocycles. The summed E-state index contributed by atoms with van der Waals surface area (Å²) in [5.41, 5.74) is 4.85. The Labute approximate surface area is 253 Å². The van der Waals surface area contributed by atoms with E-state index in [1.807, 2.05) is 39.0 Å². The molecule has 1 fully saturated rings. The minimum atomic E-state index is -3.96. The van der Waals surface area contributed by atoms with Gasteiger partial charge in [0.05, 0.1) is 18.8 Å². The van der Waals surface area contributed by atoms with E-state index in [4.69, 9.17) is 9.47 Å². The van der Waals surface area contributed by atoms with Gasteiger partial charge in [0.25, 0.3) is 5.91 Å². The Balaban J connectivity index is 1.70. The van der Waals surface area contributed by atoms with Gasteiger partial charge in [0.15, 0.2) is 0 Å². The van der Waals surface area contributed by atoms with Crippen LogP contribution in [0.5, 0.6) is 5.75 Å². The summed E-state index contributed by atoms with van der Waals surface area (Å²) >= 11 is 0. The van der Waals surface area contributed by atoms with Crippen LogP contribution >= 0.6 is 0 Å². The fourth-order valence-corrected chi connectivity index (χ4v) is 6.82. The second kappa shape index (κ2) is 11.8. The number of hydrogen-bond acceptors (Lipinski definition) is 6. The van der Waals surface area contributed by atoms with Crippen molar-refractivity contribution < 1.29 is 27.5 Å². The molecule has 10 nitrogen and oxygen atoms in total. The maximum absolute atomic E-state index is 13.2. The summed E-state index contributed by atoms with van der Waals surface area (Å²) in [6.07, 6.45) is 5.71. The number of nitrogens with zero attached hydrogens (tertiary/aromatic N) is 2. The smallest absolute Gasteiger partial charge is 0.407 e. The molecule has 2 aromatic carbocycles. The van der Waals surface area contributed by atoms with Crippen LogP contribution in [0.4, 0.5) is 4.79 Å². The number of rotatable bonds is 6. The molecule has 0 radical (unpaired) electrons. The van der Waals surface area contributed by atoms with Crippen molar-refractivity contribution in [2.45, 2.75) is 83.4 Å². The maximum Gasteiger partial charge on any atom is 0.407 e. The minimum absolute atomic E-state index is 0.240. The summed E-state index contributed by atoms with van der Waals surface area (Å²) in [6, 6.07) is 11.2. The zero-order valence-electron chi connectivity index (χ0n) is 25.8. The van der Waals surface area contributed by atoms with Crippen LogP contribution in [0.15, 0.2) is 36.4 Å². The summed E-state index contributed by atoms with van der Waals surface area (Å²) in [6.45, 7) is 5.93. The second-order valence-electron chi connectivity index (χ2n) is 12.7. The normalized spacial score (nSPS) is 17.6. The lowest BCUT2D eigenvalue weighted by molar-refractivity contribution is 0.0500. The number of alkyl carbamates (subject to hydrolysis) is 1. The average molecular weight is 611 g/mol. The number of hydrogen-bond donors (Lipinski definition) is 2. The monoisotopic (exact) mass is 610 g/mol. The number of nitrogens with one attached hydrogen (secondary N) is 2. The first-order valence-corrected chi connectivity index (χ1v) is 16.3. The van der Waals surface area contributed by atoms with Crippen molar-refractivity contribution in [1.29, 1.82) is 0 Å². The average Bonchev–Trinajstić information content (AvgIpc) is 3.15. The van der Waals surface area contributed by atoms with E-state index in [1.54, 1.807) is 19.2 Å². The van der Waals surface area contributed by atoms with Gasteiger partial charge >= 0.3 is 16.3 Å². The van der Waals surface area contributed by atoms with Gasteiger partial charge in [0.1, 0.15) is 11.4 Å². The maximum atomic E-state index is 13.2. The van der Waals surface area contributed by atoms with Crippen LogP contribution in [0.25, 0.3) is 22.2 Å². The van der Waals surface area contributed by atoms with Gasteiger partial charge in [-0.2, -0.15) is 12.7 Å². The van der Waals surface area contributed by atoms with Crippen molar-refractivity contribution >= 4 is 33.1 Å². The molecular weight excluding hydrogens is 568 g/mol. The van der Waals surface area contributed by atoms with Crippen LogP contribution in [-0.4, -0.2) is 62.1 Å². The first-order valence-electron chi connectivity index (χ1n) is 14.8. The zero-order chi connectivity index (χ0) is 31.1. The van der Waals surface area contributed by atoms with Crippen LogP contribution in [0.3, 0.4) is 0 Å². The molecule has 5 rings (SSSR count). The number of carbonyl (C=O) groups excluding carboxylic acids is 2.